The first-order valence-electron chi connectivity index (χ1n) is 10.1. The van der Waals surface area contributed by atoms with Crippen molar-refractivity contribution in [2.75, 3.05) is 20.2 Å². The lowest BCUT2D eigenvalue weighted by atomic mass is 9.95. The first kappa shape index (κ1) is 24.5. The van der Waals surface area contributed by atoms with E-state index in [0.717, 1.165) is 36.3 Å². The van der Waals surface area contributed by atoms with Crippen molar-refractivity contribution in [1.82, 2.24) is 16.0 Å². The summed E-state index contributed by atoms with van der Waals surface area (Å²) < 4.78 is 5.44. The minimum absolute atomic E-state index is 0. The van der Waals surface area contributed by atoms with Gasteiger partial charge in [0, 0.05) is 31.1 Å². The van der Waals surface area contributed by atoms with E-state index in [0.29, 0.717) is 31.5 Å². The summed E-state index contributed by atoms with van der Waals surface area (Å²) in [7, 11) is 1.68. The molecule has 1 fully saturated rings. The summed E-state index contributed by atoms with van der Waals surface area (Å²) in [4.78, 5) is 16.7. The van der Waals surface area contributed by atoms with E-state index in [9.17, 15) is 4.79 Å². The van der Waals surface area contributed by atoms with E-state index in [1.54, 1.807) is 7.11 Å². The minimum Gasteiger partial charge on any atom is -0.496 e. The Hall–Kier alpha value is -1.51. The number of hydrogen-bond acceptors (Lipinski definition) is 3. The van der Waals surface area contributed by atoms with Crippen LogP contribution in [0.15, 0.2) is 23.2 Å². The molecule has 0 aliphatic heterocycles. The van der Waals surface area contributed by atoms with Gasteiger partial charge < -0.3 is 20.7 Å². The maximum absolute atomic E-state index is 12.1. The molecule has 0 saturated heterocycles. The van der Waals surface area contributed by atoms with Gasteiger partial charge in [-0.2, -0.15) is 0 Å². The molecule has 0 bridgehead atoms. The Morgan fingerprint density at radius 2 is 1.96 bits per heavy atom. The molecule has 0 atom stereocenters. The molecule has 1 aromatic rings. The third-order valence-corrected chi connectivity index (χ3v) is 4.81. The number of nitrogens with zero attached hydrogens (tertiary/aromatic N) is 1. The number of halogens is 1. The summed E-state index contributed by atoms with van der Waals surface area (Å²) >= 11 is 0. The third kappa shape index (κ3) is 8.67. The van der Waals surface area contributed by atoms with E-state index < -0.39 is 0 Å². The molecule has 28 heavy (non-hydrogen) atoms. The standard InChI is InChI=1S/C21H34N4O2.HI/c1-4-22-21(24-15-17-11-10-16(2)14-19(17)27-3)23-13-12-20(26)25-18-8-6-5-7-9-18;/h10-11,14,18H,4-9,12-13,15H2,1-3H3,(H,25,26)(H2,22,23,24);1H. The van der Waals surface area contributed by atoms with Gasteiger partial charge in [-0.3, -0.25) is 4.79 Å². The summed E-state index contributed by atoms with van der Waals surface area (Å²) in [5, 5.41) is 9.62. The van der Waals surface area contributed by atoms with Crippen molar-refractivity contribution in [3.63, 3.8) is 0 Å². The molecular formula is C21H35IN4O2. The van der Waals surface area contributed by atoms with Crippen LogP contribution in [0.4, 0.5) is 0 Å². The largest absolute Gasteiger partial charge is 0.496 e. The lowest BCUT2D eigenvalue weighted by molar-refractivity contribution is -0.121. The maximum Gasteiger partial charge on any atom is 0.221 e. The number of aryl methyl sites for hydroxylation is 1. The first-order chi connectivity index (χ1) is 13.1. The molecule has 0 radical (unpaired) electrons. The predicted octanol–water partition coefficient (Wildman–Crippen LogP) is 3.52. The highest BCUT2D eigenvalue weighted by Gasteiger charge is 2.15. The number of carbonyl (C=O) groups is 1. The SMILES string of the molecule is CCNC(=NCc1ccc(C)cc1OC)NCCC(=O)NC1CCCCC1.I. The minimum atomic E-state index is 0. The highest BCUT2D eigenvalue weighted by molar-refractivity contribution is 14.0. The van der Waals surface area contributed by atoms with Gasteiger partial charge in [0.1, 0.15) is 5.75 Å². The van der Waals surface area contributed by atoms with Gasteiger partial charge in [0.05, 0.1) is 13.7 Å². The van der Waals surface area contributed by atoms with Crippen molar-refractivity contribution in [3.05, 3.63) is 29.3 Å². The second-order valence-electron chi connectivity index (χ2n) is 7.09. The number of benzene rings is 1. The van der Waals surface area contributed by atoms with Gasteiger partial charge in [-0.15, -0.1) is 24.0 Å². The zero-order valence-electron chi connectivity index (χ0n) is 17.3. The average molecular weight is 502 g/mol. The van der Waals surface area contributed by atoms with Gasteiger partial charge in [0.25, 0.3) is 0 Å². The van der Waals surface area contributed by atoms with Gasteiger partial charge in [0.2, 0.25) is 5.91 Å². The number of carbonyl (C=O) groups excluding carboxylic acids is 1. The number of guanidine groups is 1. The molecular weight excluding hydrogens is 467 g/mol. The second kappa shape index (κ2) is 13.6. The van der Waals surface area contributed by atoms with E-state index in [1.165, 1.54) is 19.3 Å². The van der Waals surface area contributed by atoms with Crippen molar-refractivity contribution in [2.24, 2.45) is 4.99 Å². The normalized spacial score (nSPS) is 14.8. The second-order valence-corrected chi connectivity index (χ2v) is 7.09. The van der Waals surface area contributed by atoms with Crippen molar-refractivity contribution < 1.29 is 9.53 Å². The molecule has 1 saturated carbocycles. The quantitative estimate of drug-likeness (QED) is 0.289. The molecule has 1 aromatic carbocycles. The fourth-order valence-corrected chi connectivity index (χ4v) is 3.33. The number of hydrogen-bond donors (Lipinski definition) is 3. The maximum atomic E-state index is 12.1. The lowest BCUT2D eigenvalue weighted by Gasteiger charge is -2.22. The number of rotatable bonds is 8. The molecule has 0 spiro atoms. The van der Waals surface area contributed by atoms with Crippen LogP contribution in [0, 0.1) is 6.92 Å². The number of aliphatic imine (C=N–C) groups is 1. The smallest absolute Gasteiger partial charge is 0.221 e. The summed E-state index contributed by atoms with van der Waals surface area (Å²) in [6, 6.07) is 6.48. The Kier molecular flexibility index (Phi) is 11.9. The fourth-order valence-electron chi connectivity index (χ4n) is 3.33. The van der Waals surface area contributed by atoms with E-state index in [1.807, 2.05) is 26.0 Å². The van der Waals surface area contributed by atoms with Gasteiger partial charge in [0.15, 0.2) is 5.96 Å². The third-order valence-electron chi connectivity index (χ3n) is 4.81. The van der Waals surface area contributed by atoms with Crippen LogP contribution in [0.2, 0.25) is 0 Å². The van der Waals surface area contributed by atoms with Crippen LogP contribution in [0.3, 0.4) is 0 Å². The summed E-state index contributed by atoms with van der Waals surface area (Å²) in [6.07, 6.45) is 6.42. The molecule has 2 rings (SSSR count). The highest BCUT2D eigenvalue weighted by atomic mass is 127. The summed E-state index contributed by atoms with van der Waals surface area (Å²) in [5.74, 6) is 1.68. The van der Waals surface area contributed by atoms with Crippen molar-refractivity contribution in [1.29, 1.82) is 0 Å². The van der Waals surface area contributed by atoms with Gasteiger partial charge in [-0.25, -0.2) is 4.99 Å². The topological polar surface area (TPSA) is 74.8 Å². The van der Waals surface area contributed by atoms with E-state index >= 15 is 0 Å². The van der Waals surface area contributed by atoms with Crippen molar-refractivity contribution in [3.8, 4) is 5.75 Å². The van der Waals surface area contributed by atoms with Gasteiger partial charge >= 0.3 is 0 Å². The number of ether oxygens (including phenoxy) is 1. The highest BCUT2D eigenvalue weighted by Crippen LogP contribution is 2.20. The molecule has 7 heteroatoms. The molecule has 0 heterocycles. The molecule has 1 aliphatic rings. The Morgan fingerprint density at radius 1 is 1.21 bits per heavy atom. The van der Waals surface area contributed by atoms with Gasteiger partial charge in [-0.1, -0.05) is 31.4 Å². The molecule has 0 aromatic heterocycles. The number of nitrogens with one attached hydrogen (secondary N) is 3. The zero-order valence-corrected chi connectivity index (χ0v) is 19.7. The fraction of sp³-hybridized carbons (Fsp3) is 0.619. The monoisotopic (exact) mass is 502 g/mol. The van der Waals surface area contributed by atoms with Crippen LogP contribution in [0.1, 0.15) is 56.6 Å². The van der Waals surface area contributed by atoms with E-state index in [2.05, 4.69) is 27.0 Å². The van der Waals surface area contributed by atoms with Crippen molar-refractivity contribution in [2.45, 2.75) is 65.0 Å². The van der Waals surface area contributed by atoms with Crippen LogP contribution < -0.4 is 20.7 Å². The Labute approximate surface area is 186 Å². The van der Waals surface area contributed by atoms with Crippen molar-refractivity contribution >= 4 is 35.8 Å². The Balaban J connectivity index is 0.00000392. The molecule has 1 aliphatic carbocycles. The number of methoxy groups -OCH3 is 1. The zero-order chi connectivity index (χ0) is 19.5. The predicted molar refractivity (Wildman–Crippen MR) is 126 cm³/mol. The van der Waals surface area contributed by atoms with E-state index in [-0.39, 0.29) is 29.9 Å². The van der Waals surface area contributed by atoms with Crippen LogP contribution in [-0.4, -0.2) is 38.1 Å². The molecule has 1 amide bonds. The van der Waals surface area contributed by atoms with Crippen LogP contribution in [0.5, 0.6) is 5.75 Å². The van der Waals surface area contributed by atoms with Crippen LogP contribution in [0.25, 0.3) is 0 Å². The van der Waals surface area contributed by atoms with Crippen LogP contribution >= 0.6 is 24.0 Å². The average Bonchev–Trinajstić information content (AvgIpc) is 2.67. The lowest BCUT2D eigenvalue weighted by Crippen LogP contribution is -2.41. The Morgan fingerprint density at radius 3 is 2.64 bits per heavy atom. The molecule has 6 nitrogen and oxygen atoms in total. The number of amides is 1. The van der Waals surface area contributed by atoms with Gasteiger partial charge in [-0.05, 0) is 38.3 Å². The first-order valence-corrected chi connectivity index (χ1v) is 10.1. The van der Waals surface area contributed by atoms with Crippen LogP contribution in [-0.2, 0) is 11.3 Å². The molecule has 158 valence electrons. The summed E-state index contributed by atoms with van der Waals surface area (Å²) in [5.41, 5.74) is 2.20. The molecule has 3 N–H and O–H groups in total. The summed E-state index contributed by atoms with van der Waals surface area (Å²) in [6.45, 7) is 5.92. The molecule has 0 unspecified atom stereocenters. The van der Waals surface area contributed by atoms with E-state index in [4.69, 9.17) is 4.74 Å². The Bertz CT molecular complexity index is 631.